The predicted octanol–water partition coefficient (Wildman–Crippen LogP) is 3.65. The summed E-state index contributed by atoms with van der Waals surface area (Å²) < 4.78 is 2.27. The van der Waals surface area contributed by atoms with E-state index in [2.05, 4.69) is 46.3 Å². The highest BCUT2D eigenvalue weighted by molar-refractivity contribution is 9.10. The van der Waals surface area contributed by atoms with E-state index in [1.807, 2.05) is 48.5 Å². The maximum atomic E-state index is 6.10. The van der Waals surface area contributed by atoms with E-state index in [1.165, 1.54) is 0 Å². The molecular weight excluding hydrogens is 420 g/mol. The Labute approximate surface area is 168 Å². The molecule has 4 N–H and O–H groups in total. The molecule has 0 unspecified atom stereocenters. The number of anilines is 2. The molecule has 9 heteroatoms. The molecule has 0 atom stereocenters. The van der Waals surface area contributed by atoms with Crippen molar-refractivity contribution in [2.24, 2.45) is 0 Å². The fourth-order valence-electron chi connectivity index (χ4n) is 3.05. The van der Waals surface area contributed by atoms with E-state index in [-0.39, 0.29) is 0 Å². The number of nitrogen functional groups attached to an aromatic ring is 1. The summed E-state index contributed by atoms with van der Waals surface area (Å²) >= 11 is 3.46. The number of benzene rings is 2. The van der Waals surface area contributed by atoms with E-state index in [4.69, 9.17) is 5.73 Å². The van der Waals surface area contributed by atoms with Crippen molar-refractivity contribution in [2.45, 2.75) is 6.54 Å². The molecule has 0 saturated heterocycles. The smallest absolute Gasteiger partial charge is 0.255 e. The van der Waals surface area contributed by atoms with Crippen molar-refractivity contribution < 1.29 is 0 Å². The van der Waals surface area contributed by atoms with E-state index in [1.54, 1.807) is 10.9 Å². The Morgan fingerprint density at radius 3 is 2.75 bits per heavy atom. The van der Waals surface area contributed by atoms with Crippen LogP contribution in [-0.2, 0) is 6.54 Å². The summed E-state index contributed by atoms with van der Waals surface area (Å²) in [5.74, 6) is 2.10. The number of imidazole rings is 1. The number of nitrogens with zero attached hydrogens (tertiary/aromatic N) is 5. The summed E-state index contributed by atoms with van der Waals surface area (Å²) in [5, 5.41) is 8.67. The fraction of sp³-hybridized carbons (Fsp3) is 0.0526. The first-order valence-corrected chi connectivity index (χ1v) is 9.42. The van der Waals surface area contributed by atoms with Crippen LogP contribution >= 0.6 is 15.9 Å². The summed E-state index contributed by atoms with van der Waals surface area (Å²) in [7, 11) is 0. The van der Waals surface area contributed by atoms with Gasteiger partial charge in [0, 0.05) is 5.39 Å². The highest BCUT2D eigenvalue weighted by atomic mass is 79.9. The Kier molecular flexibility index (Phi) is 3.94. The lowest BCUT2D eigenvalue weighted by molar-refractivity contribution is 0.832. The fourth-order valence-corrected chi connectivity index (χ4v) is 3.37. The van der Waals surface area contributed by atoms with Gasteiger partial charge in [0.25, 0.3) is 5.95 Å². The Morgan fingerprint density at radius 2 is 1.86 bits per heavy atom. The molecule has 3 heterocycles. The minimum atomic E-state index is 0.330. The third-order valence-electron chi connectivity index (χ3n) is 4.39. The van der Waals surface area contributed by atoms with Crippen LogP contribution in [0.15, 0.2) is 59.2 Å². The molecule has 5 aromatic rings. The number of nitrogens with one attached hydrogen (secondary N) is 2. The molecule has 28 heavy (non-hydrogen) atoms. The summed E-state index contributed by atoms with van der Waals surface area (Å²) in [4.78, 5) is 16.8. The highest BCUT2D eigenvalue weighted by Crippen LogP contribution is 2.27. The molecule has 0 fully saturated rings. The average Bonchev–Trinajstić information content (AvgIpc) is 3.32. The zero-order valence-electron chi connectivity index (χ0n) is 14.6. The molecule has 0 radical (unpaired) electrons. The molecule has 5 rings (SSSR count). The summed E-state index contributed by atoms with van der Waals surface area (Å²) in [6.07, 6.45) is 1.78. The molecular formula is C19H15BrN8. The van der Waals surface area contributed by atoms with E-state index in [9.17, 15) is 0 Å². The number of hydrogen-bond acceptors (Lipinski definition) is 6. The molecule has 0 bridgehead atoms. The maximum Gasteiger partial charge on any atom is 0.255 e. The van der Waals surface area contributed by atoms with Crippen LogP contribution in [0.25, 0.3) is 27.9 Å². The van der Waals surface area contributed by atoms with Crippen LogP contribution < -0.4 is 11.1 Å². The van der Waals surface area contributed by atoms with Gasteiger partial charge in [0.2, 0.25) is 0 Å². The summed E-state index contributed by atoms with van der Waals surface area (Å²) in [5.41, 5.74) is 8.92. The Morgan fingerprint density at radius 1 is 1.04 bits per heavy atom. The van der Waals surface area contributed by atoms with Gasteiger partial charge in [0.05, 0.1) is 29.3 Å². The minimum absolute atomic E-state index is 0.330. The van der Waals surface area contributed by atoms with Gasteiger partial charge in [-0.1, -0.05) is 30.3 Å². The van der Waals surface area contributed by atoms with Gasteiger partial charge in [-0.25, -0.2) is 4.98 Å². The molecule has 0 aliphatic heterocycles. The average molecular weight is 435 g/mol. The van der Waals surface area contributed by atoms with Crippen LogP contribution in [-0.4, -0.2) is 29.7 Å². The highest BCUT2D eigenvalue weighted by Gasteiger charge is 2.14. The van der Waals surface area contributed by atoms with E-state index in [0.717, 1.165) is 27.8 Å². The van der Waals surface area contributed by atoms with Gasteiger partial charge in [-0.3, -0.25) is 0 Å². The molecule has 138 valence electrons. The van der Waals surface area contributed by atoms with Gasteiger partial charge >= 0.3 is 0 Å². The topological polar surface area (TPSA) is 110 Å². The Balaban J connectivity index is 1.49. The van der Waals surface area contributed by atoms with Gasteiger partial charge in [-0.15, -0.1) is 0 Å². The van der Waals surface area contributed by atoms with Crippen LogP contribution in [0.5, 0.6) is 0 Å². The van der Waals surface area contributed by atoms with Crippen LogP contribution in [0.2, 0.25) is 0 Å². The number of halogens is 1. The normalized spacial score (nSPS) is 11.3. The van der Waals surface area contributed by atoms with E-state index in [0.29, 0.717) is 28.6 Å². The number of H-pyrrole nitrogens is 1. The van der Waals surface area contributed by atoms with Gasteiger partial charge in [0.15, 0.2) is 0 Å². The summed E-state index contributed by atoms with van der Waals surface area (Å²) in [6, 6.07) is 15.8. The molecule has 3 aromatic heterocycles. The zero-order chi connectivity index (χ0) is 19.1. The van der Waals surface area contributed by atoms with Crippen molar-refractivity contribution in [3.63, 3.8) is 0 Å². The second-order valence-corrected chi connectivity index (χ2v) is 7.03. The van der Waals surface area contributed by atoms with Gasteiger partial charge in [-0.05, 0) is 34.1 Å². The monoisotopic (exact) mass is 434 g/mol. The maximum absolute atomic E-state index is 6.10. The van der Waals surface area contributed by atoms with Crippen LogP contribution in [0.1, 0.15) is 5.82 Å². The molecule has 0 amide bonds. The predicted molar refractivity (Wildman–Crippen MR) is 112 cm³/mol. The van der Waals surface area contributed by atoms with Gasteiger partial charge in [0.1, 0.15) is 21.9 Å². The van der Waals surface area contributed by atoms with Crippen molar-refractivity contribution in [2.75, 3.05) is 11.1 Å². The first-order chi connectivity index (χ1) is 13.7. The van der Waals surface area contributed by atoms with Gasteiger partial charge < -0.3 is 16.0 Å². The number of hydrogen-bond donors (Lipinski definition) is 3. The number of para-hydroxylation sites is 3. The van der Waals surface area contributed by atoms with Crippen LogP contribution in [0.4, 0.5) is 11.6 Å². The zero-order valence-corrected chi connectivity index (χ0v) is 16.2. The second kappa shape index (κ2) is 6.61. The number of aromatic nitrogens is 6. The standard InChI is InChI=1S/C19H15BrN8/c20-16-17(21)26-19(28-14-8-4-1-5-11(14)9-23-28)27-18(16)22-10-15-24-12-6-2-3-7-13(12)25-15/h1-9H,10H2,(H,24,25)(H3,21,22,26,27). The first-order valence-electron chi connectivity index (χ1n) is 8.63. The van der Waals surface area contributed by atoms with E-state index >= 15 is 0 Å². The molecule has 0 aliphatic carbocycles. The molecule has 0 aliphatic rings. The van der Waals surface area contributed by atoms with Crippen molar-refractivity contribution >= 4 is 49.5 Å². The number of nitrogens with two attached hydrogens (primary N) is 1. The minimum Gasteiger partial charge on any atom is -0.383 e. The second-order valence-electron chi connectivity index (χ2n) is 6.24. The van der Waals surface area contributed by atoms with Crippen molar-refractivity contribution in [1.82, 2.24) is 29.7 Å². The largest absolute Gasteiger partial charge is 0.383 e. The molecule has 0 spiro atoms. The summed E-state index contributed by atoms with van der Waals surface area (Å²) in [6.45, 7) is 0.461. The van der Waals surface area contributed by atoms with Crippen LogP contribution in [0.3, 0.4) is 0 Å². The SMILES string of the molecule is Nc1nc(-n2ncc3ccccc32)nc(NCc2nc3ccccc3[nH]2)c1Br. The quantitative estimate of drug-likeness (QED) is 0.398. The third-order valence-corrected chi connectivity index (χ3v) is 5.18. The molecule has 2 aromatic carbocycles. The molecule has 0 saturated carbocycles. The number of fused-ring (bicyclic) bond motifs is 2. The van der Waals surface area contributed by atoms with Gasteiger partial charge in [-0.2, -0.15) is 19.7 Å². The lowest BCUT2D eigenvalue weighted by Gasteiger charge is -2.10. The number of aromatic amines is 1. The Bertz CT molecular complexity index is 1270. The lowest BCUT2D eigenvalue weighted by atomic mass is 10.3. The molecule has 8 nitrogen and oxygen atoms in total. The third kappa shape index (κ3) is 2.85. The van der Waals surface area contributed by atoms with E-state index < -0.39 is 0 Å². The number of rotatable bonds is 4. The van der Waals surface area contributed by atoms with Crippen molar-refractivity contribution in [3.8, 4) is 5.95 Å². The Hall–Kier alpha value is -3.46. The first kappa shape index (κ1) is 16.7. The van der Waals surface area contributed by atoms with Crippen molar-refractivity contribution in [1.29, 1.82) is 0 Å². The lowest BCUT2D eigenvalue weighted by Crippen LogP contribution is -2.11. The van der Waals surface area contributed by atoms with Crippen molar-refractivity contribution in [3.05, 3.63) is 65.0 Å². The van der Waals surface area contributed by atoms with Crippen LogP contribution in [0, 0.1) is 0 Å².